The molecule has 0 radical (unpaired) electrons. The highest BCUT2D eigenvalue weighted by molar-refractivity contribution is 5.78. The minimum Gasteiger partial charge on any atom is -0.338 e. The number of pyridine rings is 1. The van der Waals surface area contributed by atoms with Gasteiger partial charge >= 0.3 is 0 Å². The Hall–Kier alpha value is -1.42. The van der Waals surface area contributed by atoms with Crippen LogP contribution >= 0.6 is 0 Å². The van der Waals surface area contributed by atoms with Gasteiger partial charge in [-0.15, -0.1) is 0 Å². The Bertz CT molecular complexity index is 388. The molecular weight excluding hydrogens is 238 g/mol. The Morgan fingerprint density at radius 3 is 3.05 bits per heavy atom. The van der Waals surface area contributed by atoms with Gasteiger partial charge in [-0.25, -0.2) is 0 Å². The first-order valence-corrected chi connectivity index (χ1v) is 7.21. The largest absolute Gasteiger partial charge is 0.338 e. The molecule has 4 nitrogen and oxygen atoms in total. The Kier molecular flexibility index (Phi) is 5.33. The van der Waals surface area contributed by atoms with Crippen molar-refractivity contribution in [2.45, 2.75) is 38.6 Å². The summed E-state index contributed by atoms with van der Waals surface area (Å²) in [5.41, 5.74) is 0.859. The van der Waals surface area contributed by atoms with Crippen molar-refractivity contribution in [1.82, 2.24) is 15.2 Å². The van der Waals surface area contributed by atoms with Crippen molar-refractivity contribution < 1.29 is 4.79 Å². The molecular formula is C15H23N3O. The van der Waals surface area contributed by atoms with Crippen molar-refractivity contribution in [2.75, 3.05) is 19.6 Å². The average molecular weight is 261 g/mol. The summed E-state index contributed by atoms with van der Waals surface area (Å²) in [6.07, 6.45) is 5.43. The van der Waals surface area contributed by atoms with Gasteiger partial charge in [-0.2, -0.15) is 0 Å². The van der Waals surface area contributed by atoms with Crippen LogP contribution in [0.5, 0.6) is 0 Å². The van der Waals surface area contributed by atoms with Gasteiger partial charge in [-0.1, -0.05) is 13.0 Å². The lowest BCUT2D eigenvalue weighted by molar-refractivity contribution is -0.133. The first-order valence-electron chi connectivity index (χ1n) is 7.21. The van der Waals surface area contributed by atoms with Gasteiger partial charge in [-0.3, -0.25) is 9.78 Å². The molecule has 0 aromatic carbocycles. The minimum atomic E-state index is 0.203. The molecule has 2 heterocycles. The van der Waals surface area contributed by atoms with E-state index < -0.39 is 0 Å². The molecule has 1 aromatic rings. The quantitative estimate of drug-likeness (QED) is 0.876. The lowest BCUT2D eigenvalue weighted by Crippen LogP contribution is -2.49. The van der Waals surface area contributed by atoms with Gasteiger partial charge in [0.25, 0.3) is 0 Å². The van der Waals surface area contributed by atoms with Crippen molar-refractivity contribution in [3.05, 3.63) is 30.1 Å². The summed E-state index contributed by atoms with van der Waals surface area (Å²) in [5.74, 6) is 0.203. The van der Waals surface area contributed by atoms with Crippen LogP contribution in [0.25, 0.3) is 0 Å². The van der Waals surface area contributed by atoms with Crippen molar-refractivity contribution in [1.29, 1.82) is 0 Å². The number of hydrogen-bond acceptors (Lipinski definition) is 3. The molecule has 1 aromatic heterocycles. The Balaban J connectivity index is 1.99. The SMILES string of the molecule is CCCN(C(=O)Cc1ccccn1)C1CCCNC1. The van der Waals surface area contributed by atoms with Crippen molar-refractivity contribution in [3.63, 3.8) is 0 Å². The van der Waals surface area contributed by atoms with Gasteiger partial charge < -0.3 is 10.2 Å². The fourth-order valence-electron chi connectivity index (χ4n) is 2.61. The lowest BCUT2D eigenvalue weighted by atomic mass is 10.0. The third-order valence-electron chi connectivity index (χ3n) is 3.55. The first kappa shape index (κ1) is 14.0. The number of amides is 1. The zero-order chi connectivity index (χ0) is 13.5. The van der Waals surface area contributed by atoms with Crippen LogP contribution in [0.2, 0.25) is 0 Å². The number of carbonyl (C=O) groups excluding carboxylic acids is 1. The summed E-state index contributed by atoms with van der Waals surface area (Å²) >= 11 is 0. The number of aromatic nitrogens is 1. The first-order chi connectivity index (χ1) is 9.31. The van der Waals surface area contributed by atoms with Gasteiger partial charge in [0.15, 0.2) is 0 Å². The number of rotatable bonds is 5. The van der Waals surface area contributed by atoms with Crippen molar-refractivity contribution >= 4 is 5.91 Å². The Morgan fingerprint density at radius 2 is 2.42 bits per heavy atom. The van der Waals surface area contributed by atoms with Crippen LogP contribution in [-0.2, 0) is 11.2 Å². The van der Waals surface area contributed by atoms with Crippen LogP contribution in [0.1, 0.15) is 31.9 Å². The summed E-state index contributed by atoms with van der Waals surface area (Å²) in [4.78, 5) is 18.7. The molecule has 1 N–H and O–H groups in total. The fourth-order valence-corrected chi connectivity index (χ4v) is 2.61. The van der Waals surface area contributed by atoms with Gasteiger partial charge in [0.1, 0.15) is 0 Å². The lowest BCUT2D eigenvalue weighted by Gasteiger charge is -2.34. The number of nitrogens with zero attached hydrogens (tertiary/aromatic N) is 2. The van der Waals surface area contributed by atoms with Crippen molar-refractivity contribution in [3.8, 4) is 0 Å². The maximum Gasteiger partial charge on any atom is 0.228 e. The zero-order valence-electron chi connectivity index (χ0n) is 11.6. The van der Waals surface area contributed by atoms with E-state index in [1.165, 1.54) is 0 Å². The maximum absolute atomic E-state index is 12.5. The summed E-state index contributed by atoms with van der Waals surface area (Å²) in [6.45, 7) is 4.97. The van der Waals surface area contributed by atoms with E-state index in [0.29, 0.717) is 12.5 Å². The summed E-state index contributed by atoms with van der Waals surface area (Å²) < 4.78 is 0. The monoisotopic (exact) mass is 261 g/mol. The van der Waals surface area contributed by atoms with Crippen LogP contribution in [-0.4, -0.2) is 41.5 Å². The molecule has 0 bridgehead atoms. The summed E-state index contributed by atoms with van der Waals surface area (Å²) in [6, 6.07) is 6.08. The molecule has 1 unspecified atom stereocenters. The van der Waals surface area contributed by atoms with Crippen LogP contribution < -0.4 is 5.32 Å². The van der Waals surface area contributed by atoms with E-state index in [0.717, 1.165) is 44.6 Å². The zero-order valence-corrected chi connectivity index (χ0v) is 11.6. The highest BCUT2D eigenvalue weighted by atomic mass is 16.2. The van der Waals surface area contributed by atoms with E-state index in [1.54, 1.807) is 6.20 Å². The molecule has 2 rings (SSSR count). The molecule has 1 atom stereocenters. The van der Waals surface area contributed by atoms with Crippen LogP contribution in [0.3, 0.4) is 0 Å². The predicted octanol–water partition coefficient (Wildman–Crippen LogP) is 1.61. The number of carbonyl (C=O) groups is 1. The Morgan fingerprint density at radius 1 is 1.53 bits per heavy atom. The second-order valence-electron chi connectivity index (χ2n) is 5.09. The van der Waals surface area contributed by atoms with E-state index >= 15 is 0 Å². The fraction of sp³-hybridized carbons (Fsp3) is 0.600. The van der Waals surface area contributed by atoms with Crippen molar-refractivity contribution in [2.24, 2.45) is 0 Å². The second kappa shape index (κ2) is 7.24. The van der Waals surface area contributed by atoms with Crippen LogP contribution in [0.4, 0.5) is 0 Å². The van der Waals surface area contributed by atoms with E-state index in [2.05, 4.69) is 17.2 Å². The molecule has 0 aliphatic carbocycles. The van der Waals surface area contributed by atoms with E-state index in [-0.39, 0.29) is 5.91 Å². The smallest absolute Gasteiger partial charge is 0.228 e. The topological polar surface area (TPSA) is 45.2 Å². The second-order valence-corrected chi connectivity index (χ2v) is 5.09. The number of hydrogen-bond donors (Lipinski definition) is 1. The van der Waals surface area contributed by atoms with Gasteiger partial charge in [0, 0.05) is 31.0 Å². The van der Waals surface area contributed by atoms with E-state index in [1.807, 2.05) is 23.1 Å². The maximum atomic E-state index is 12.5. The number of nitrogens with one attached hydrogen (secondary N) is 1. The molecule has 1 aliphatic heterocycles. The highest BCUT2D eigenvalue weighted by Gasteiger charge is 2.24. The number of piperidine rings is 1. The normalized spacial score (nSPS) is 19.1. The standard InChI is InChI=1S/C15H23N3O/c1-2-10-18(14-7-5-8-16-12-14)15(19)11-13-6-3-4-9-17-13/h3-4,6,9,14,16H,2,5,7-8,10-12H2,1H3. The van der Waals surface area contributed by atoms with E-state index in [4.69, 9.17) is 0 Å². The minimum absolute atomic E-state index is 0.203. The van der Waals surface area contributed by atoms with Gasteiger partial charge in [0.05, 0.1) is 6.42 Å². The summed E-state index contributed by atoms with van der Waals surface area (Å²) in [5, 5.41) is 3.38. The molecule has 1 fully saturated rings. The van der Waals surface area contributed by atoms with Crippen LogP contribution in [0.15, 0.2) is 24.4 Å². The molecule has 1 saturated heterocycles. The summed E-state index contributed by atoms with van der Waals surface area (Å²) in [7, 11) is 0. The van der Waals surface area contributed by atoms with Gasteiger partial charge in [-0.05, 0) is 37.9 Å². The van der Waals surface area contributed by atoms with Crippen LogP contribution in [0, 0.1) is 0 Å². The Labute approximate surface area is 115 Å². The third-order valence-corrected chi connectivity index (χ3v) is 3.55. The molecule has 4 heteroatoms. The predicted molar refractivity (Wildman–Crippen MR) is 75.8 cm³/mol. The molecule has 0 saturated carbocycles. The molecule has 1 amide bonds. The third kappa shape index (κ3) is 4.03. The highest BCUT2D eigenvalue weighted by Crippen LogP contribution is 2.13. The average Bonchev–Trinajstić information content (AvgIpc) is 2.46. The van der Waals surface area contributed by atoms with E-state index in [9.17, 15) is 4.79 Å². The molecule has 0 spiro atoms. The van der Waals surface area contributed by atoms with Gasteiger partial charge in [0.2, 0.25) is 5.91 Å². The molecule has 1 aliphatic rings. The molecule has 19 heavy (non-hydrogen) atoms. The molecule has 104 valence electrons.